The Kier molecular flexibility index (Phi) is 4.92. The van der Waals surface area contributed by atoms with E-state index in [4.69, 9.17) is 0 Å². The zero-order chi connectivity index (χ0) is 16.4. The van der Waals surface area contributed by atoms with Gasteiger partial charge in [-0.3, -0.25) is 4.79 Å². The van der Waals surface area contributed by atoms with Gasteiger partial charge in [0.05, 0.1) is 4.90 Å². The van der Waals surface area contributed by atoms with Crippen molar-refractivity contribution < 1.29 is 13.2 Å². The van der Waals surface area contributed by atoms with Crippen LogP contribution >= 0.6 is 0 Å². The van der Waals surface area contributed by atoms with E-state index in [0.717, 1.165) is 18.4 Å². The largest absolute Gasteiger partial charge is 0.343 e. The molecule has 1 saturated heterocycles. The minimum atomic E-state index is -3.47. The van der Waals surface area contributed by atoms with Crippen molar-refractivity contribution >= 4 is 16.4 Å². The van der Waals surface area contributed by atoms with Gasteiger partial charge in [-0.15, -0.1) is 0 Å². The van der Waals surface area contributed by atoms with Crippen molar-refractivity contribution in [1.82, 2.24) is 9.21 Å². The Balaban J connectivity index is 2.18. The highest BCUT2D eigenvalue weighted by atomic mass is 32.2. The van der Waals surface area contributed by atoms with Crippen LogP contribution in [0, 0.1) is 0 Å². The maximum Gasteiger partial charge on any atom is 0.243 e. The van der Waals surface area contributed by atoms with Crippen LogP contribution in [-0.2, 0) is 20.2 Å². The summed E-state index contributed by atoms with van der Waals surface area (Å²) in [6.07, 6.45) is 1.76. The minimum Gasteiger partial charge on any atom is -0.343 e. The van der Waals surface area contributed by atoms with Crippen molar-refractivity contribution in [2.75, 3.05) is 26.2 Å². The normalized spacial score (nSPS) is 17.5. The summed E-state index contributed by atoms with van der Waals surface area (Å²) >= 11 is 0. The molecule has 0 aliphatic carbocycles. The second-order valence-electron chi connectivity index (χ2n) is 6.31. The maximum atomic E-state index is 12.6. The summed E-state index contributed by atoms with van der Waals surface area (Å²) in [6, 6.07) is 7.18. The Hall–Kier alpha value is -1.40. The first kappa shape index (κ1) is 17.0. The number of sulfonamides is 1. The molecule has 0 N–H and O–H groups in total. The first-order chi connectivity index (χ1) is 10.3. The lowest BCUT2D eigenvalue weighted by Gasteiger charge is -2.31. The van der Waals surface area contributed by atoms with E-state index in [1.807, 2.05) is 12.1 Å². The summed E-state index contributed by atoms with van der Waals surface area (Å²) in [6.45, 7) is 8.02. The second-order valence-corrected chi connectivity index (χ2v) is 8.25. The molecule has 22 heavy (non-hydrogen) atoms. The fourth-order valence-corrected chi connectivity index (χ4v) is 3.90. The number of benzene rings is 1. The Labute approximate surface area is 133 Å². The average molecular weight is 324 g/mol. The molecule has 1 fully saturated rings. The van der Waals surface area contributed by atoms with Crippen molar-refractivity contribution in [3.63, 3.8) is 0 Å². The lowest BCUT2D eigenvalue weighted by Crippen LogP contribution is -2.47. The quantitative estimate of drug-likeness (QED) is 0.777. The Morgan fingerprint density at radius 1 is 1.09 bits per heavy atom. The molecule has 1 aliphatic heterocycles. The molecule has 0 radical (unpaired) electrons. The zero-order valence-electron chi connectivity index (χ0n) is 13.4. The summed E-state index contributed by atoms with van der Waals surface area (Å²) in [5, 5.41) is 0. The number of hydrogen-bond acceptors (Lipinski definition) is 3. The van der Waals surface area contributed by atoms with Crippen LogP contribution in [0.15, 0.2) is 29.2 Å². The zero-order valence-corrected chi connectivity index (χ0v) is 14.3. The fraction of sp³-hybridized carbons (Fsp3) is 0.562. The van der Waals surface area contributed by atoms with Gasteiger partial charge in [-0.2, -0.15) is 4.31 Å². The van der Waals surface area contributed by atoms with Gasteiger partial charge in [0.25, 0.3) is 0 Å². The number of piperazine rings is 1. The first-order valence-corrected chi connectivity index (χ1v) is 9.05. The van der Waals surface area contributed by atoms with Gasteiger partial charge in [-0.1, -0.05) is 32.9 Å². The summed E-state index contributed by atoms with van der Waals surface area (Å²) < 4.78 is 26.7. The molecular formula is C16H24N2O3S. The molecule has 122 valence electrons. The Morgan fingerprint density at radius 2 is 1.64 bits per heavy atom. The van der Waals surface area contributed by atoms with Gasteiger partial charge >= 0.3 is 0 Å². The van der Waals surface area contributed by atoms with Gasteiger partial charge < -0.3 is 4.90 Å². The highest BCUT2D eigenvalue weighted by molar-refractivity contribution is 7.89. The van der Waals surface area contributed by atoms with Gasteiger partial charge in [0, 0.05) is 26.2 Å². The number of hydrogen-bond donors (Lipinski definition) is 0. The van der Waals surface area contributed by atoms with E-state index in [2.05, 4.69) is 20.8 Å². The maximum absolute atomic E-state index is 12.6. The molecule has 0 saturated carbocycles. The monoisotopic (exact) mass is 324 g/mol. The second kappa shape index (κ2) is 6.38. The van der Waals surface area contributed by atoms with Crippen LogP contribution in [0.2, 0.25) is 0 Å². The van der Waals surface area contributed by atoms with Crippen LogP contribution in [0.3, 0.4) is 0 Å². The van der Waals surface area contributed by atoms with Crippen LogP contribution in [0.25, 0.3) is 0 Å². The molecule has 0 unspecified atom stereocenters. The first-order valence-electron chi connectivity index (χ1n) is 7.61. The number of rotatable bonds is 5. The van der Waals surface area contributed by atoms with Gasteiger partial charge in [0.1, 0.15) is 0 Å². The summed E-state index contributed by atoms with van der Waals surface area (Å²) in [7, 11) is -3.47. The van der Waals surface area contributed by atoms with Crippen molar-refractivity contribution in [1.29, 1.82) is 0 Å². The van der Waals surface area contributed by atoms with Gasteiger partial charge in [-0.05, 0) is 29.5 Å². The van der Waals surface area contributed by atoms with E-state index in [1.54, 1.807) is 17.0 Å². The van der Waals surface area contributed by atoms with E-state index in [9.17, 15) is 13.2 Å². The summed E-state index contributed by atoms with van der Waals surface area (Å²) in [5.41, 5.74) is 1.18. The van der Waals surface area contributed by atoms with Crippen molar-refractivity contribution in [3.05, 3.63) is 29.8 Å². The molecule has 1 aromatic rings. The van der Waals surface area contributed by atoms with Gasteiger partial charge in [0.2, 0.25) is 16.4 Å². The molecule has 1 aliphatic rings. The van der Waals surface area contributed by atoms with E-state index in [-0.39, 0.29) is 5.41 Å². The fourth-order valence-electron chi connectivity index (χ4n) is 2.48. The lowest BCUT2D eigenvalue weighted by atomic mass is 9.82. The SMILES string of the molecule is CCC(C)(C)c1ccc(S(=O)(=O)N2CCN(C=O)CC2)cc1. The molecule has 1 aromatic carbocycles. The number of carbonyl (C=O) groups is 1. The standard InChI is InChI=1S/C16H24N2O3S/c1-4-16(2,3)14-5-7-15(8-6-14)22(20,21)18-11-9-17(13-19)10-12-18/h5-8,13H,4,9-12H2,1-3H3. The van der Waals surface area contributed by atoms with Crippen LogP contribution in [-0.4, -0.2) is 50.2 Å². The van der Waals surface area contributed by atoms with Crippen LogP contribution < -0.4 is 0 Å². The number of carbonyl (C=O) groups excluding carboxylic acids is 1. The smallest absolute Gasteiger partial charge is 0.243 e. The topological polar surface area (TPSA) is 57.7 Å². The van der Waals surface area contributed by atoms with Crippen LogP contribution in [0.1, 0.15) is 32.8 Å². The van der Waals surface area contributed by atoms with E-state index < -0.39 is 10.0 Å². The van der Waals surface area contributed by atoms with Crippen LogP contribution in [0.4, 0.5) is 0 Å². The Bertz CT molecular complexity index is 615. The third kappa shape index (κ3) is 3.33. The number of nitrogens with zero attached hydrogens (tertiary/aromatic N) is 2. The van der Waals surface area contributed by atoms with Gasteiger partial charge in [-0.25, -0.2) is 8.42 Å². The average Bonchev–Trinajstić information content (AvgIpc) is 2.55. The molecule has 5 nitrogen and oxygen atoms in total. The predicted molar refractivity (Wildman–Crippen MR) is 86.2 cm³/mol. The molecule has 1 amide bonds. The number of amides is 1. The van der Waals surface area contributed by atoms with E-state index in [0.29, 0.717) is 31.1 Å². The lowest BCUT2D eigenvalue weighted by molar-refractivity contribution is -0.119. The predicted octanol–water partition coefficient (Wildman–Crippen LogP) is 1.84. The molecule has 2 rings (SSSR count). The third-order valence-corrected chi connectivity index (χ3v) is 6.49. The molecule has 6 heteroatoms. The molecule has 0 aromatic heterocycles. The van der Waals surface area contributed by atoms with E-state index in [1.165, 1.54) is 4.31 Å². The third-order valence-electron chi connectivity index (χ3n) is 4.58. The molecule has 0 bridgehead atoms. The van der Waals surface area contributed by atoms with Crippen molar-refractivity contribution in [3.8, 4) is 0 Å². The summed E-state index contributed by atoms with van der Waals surface area (Å²) in [4.78, 5) is 12.6. The highest BCUT2D eigenvalue weighted by Crippen LogP contribution is 2.28. The van der Waals surface area contributed by atoms with Crippen molar-refractivity contribution in [2.24, 2.45) is 0 Å². The molecule has 0 atom stereocenters. The van der Waals surface area contributed by atoms with E-state index >= 15 is 0 Å². The van der Waals surface area contributed by atoms with Crippen LogP contribution in [0.5, 0.6) is 0 Å². The molecule has 0 spiro atoms. The minimum absolute atomic E-state index is 0.0396. The molecular weight excluding hydrogens is 300 g/mol. The highest BCUT2D eigenvalue weighted by Gasteiger charge is 2.28. The summed E-state index contributed by atoms with van der Waals surface area (Å²) in [5.74, 6) is 0. The van der Waals surface area contributed by atoms with Gasteiger partial charge in [0.15, 0.2) is 0 Å². The van der Waals surface area contributed by atoms with Crippen molar-refractivity contribution in [2.45, 2.75) is 37.5 Å². The Morgan fingerprint density at radius 3 is 2.09 bits per heavy atom. The molecule has 1 heterocycles.